The highest BCUT2D eigenvalue weighted by Crippen LogP contribution is 2.13. The summed E-state index contributed by atoms with van der Waals surface area (Å²) >= 11 is 0. The van der Waals surface area contributed by atoms with Crippen LogP contribution < -0.4 is 21.3 Å². The maximum atomic E-state index is 12.8. The van der Waals surface area contributed by atoms with Gasteiger partial charge in [-0.25, -0.2) is 9.59 Å². The van der Waals surface area contributed by atoms with Gasteiger partial charge in [-0.3, -0.25) is 48.5 Å². The number of rotatable bonds is 20. The Hall–Kier alpha value is -5.31. The van der Waals surface area contributed by atoms with Crippen LogP contribution in [0, 0.1) is 5.92 Å². The fourth-order valence-electron chi connectivity index (χ4n) is 3.92. The van der Waals surface area contributed by atoms with E-state index in [0.29, 0.717) is 10.1 Å². The Morgan fingerprint density at radius 2 is 1.12 bits per heavy atom. The molecule has 2 rings (SSSR count). The van der Waals surface area contributed by atoms with E-state index in [9.17, 15) is 52.7 Å². The SMILES string of the molecule is CC(C)C(=O)NCC(=O)NC(=O)C(CCCCNC(=O)COCC(=O)ON1C(=O)CCC1=O)NC(=O)COCC(=O)ON1C(=O)CCC1=O. The number of imide groups is 3. The van der Waals surface area contributed by atoms with Crippen LogP contribution in [-0.2, 0) is 71.9 Å². The maximum absolute atomic E-state index is 12.8. The second kappa shape index (κ2) is 20.1. The average Bonchev–Trinajstić information content (AvgIpc) is 3.52. The lowest BCUT2D eigenvalue weighted by Gasteiger charge is -2.18. The molecule has 0 aromatic rings. The molecule has 1 atom stereocenters. The van der Waals surface area contributed by atoms with Gasteiger partial charge in [0.15, 0.2) is 0 Å². The first-order chi connectivity index (χ1) is 23.2. The molecule has 0 bridgehead atoms. The van der Waals surface area contributed by atoms with E-state index >= 15 is 0 Å². The van der Waals surface area contributed by atoms with Crippen molar-refractivity contribution in [2.24, 2.45) is 5.92 Å². The van der Waals surface area contributed by atoms with E-state index in [-0.39, 0.29) is 51.5 Å². The van der Waals surface area contributed by atoms with Crippen LogP contribution in [0.25, 0.3) is 0 Å². The molecule has 9 amide bonds. The Morgan fingerprint density at radius 3 is 1.61 bits per heavy atom. The molecule has 0 radical (unpaired) electrons. The van der Waals surface area contributed by atoms with Gasteiger partial charge in [0.1, 0.15) is 32.5 Å². The van der Waals surface area contributed by atoms with Crippen LogP contribution in [0.15, 0.2) is 0 Å². The van der Waals surface area contributed by atoms with Gasteiger partial charge in [-0.1, -0.05) is 13.8 Å². The van der Waals surface area contributed by atoms with E-state index < -0.39 is 110 Å². The van der Waals surface area contributed by atoms with Crippen LogP contribution in [0.3, 0.4) is 0 Å². The van der Waals surface area contributed by atoms with Crippen molar-refractivity contribution in [2.45, 2.75) is 64.8 Å². The van der Waals surface area contributed by atoms with E-state index in [1.165, 1.54) is 0 Å². The molecule has 270 valence electrons. The molecule has 2 aliphatic heterocycles. The molecule has 2 heterocycles. The fraction of sp³-hybridized carbons (Fsp3) is 0.607. The molecule has 21 nitrogen and oxygen atoms in total. The molecule has 2 fully saturated rings. The molecule has 0 spiro atoms. The van der Waals surface area contributed by atoms with Gasteiger partial charge in [0, 0.05) is 38.1 Å². The van der Waals surface area contributed by atoms with E-state index in [1.54, 1.807) is 13.8 Å². The maximum Gasteiger partial charge on any atom is 0.358 e. The summed E-state index contributed by atoms with van der Waals surface area (Å²) < 4.78 is 9.86. The van der Waals surface area contributed by atoms with Gasteiger partial charge in [0.25, 0.3) is 23.6 Å². The van der Waals surface area contributed by atoms with Crippen LogP contribution >= 0.6 is 0 Å². The van der Waals surface area contributed by atoms with E-state index in [4.69, 9.17) is 9.47 Å². The van der Waals surface area contributed by atoms with Gasteiger partial charge in [-0.2, -0.15) is 0 Å². The van der Waals surface area contributed by atoms with E-state index in [1.807, 2.05) is 0 Å². The molecule has 49 heavy (non-hydrogen) atoms. The Morgan fingerprint density at radius 1 is 0.633 bits per heavy atom. The molecule has 0 aliphatic carbocycles. The van der Waals surface area contributed by atoms with Crippen LogP contribution in [0.1, 0.15) is 58.8 Å². The minimum Gasteiger partial charge on any atom is -0.360 e. The van der Waals surface area contributed by atoms with Gasteiger partial charge in [0.05, 0.1) is 6.54 Å². The highest BCUT2D eigenvalue weighted by molar-refractivity contribution is 6.02. The number of nitrogens with zero attached hydrogens (tertiary/aromatic N) is 2. The zero-order valence-electron chi connectivity index (χ0n) is 26.9. The number of carbonyl (C=O) groups excluding carboxylic acids is 11. The average molecular weight is 699 g/mol. The van der Waals surface area contributed by atoms with E-state index in [2.05, 4.69) is 30.9 Å². The highest BCUT2D eigenvalue weighted by Gasteiger charge is 2.34. The summed E-state index contributed by atoms with van der Waals surface area (Å²) in [6.45, 7) is -0.0169. The van der Waals surface area contributed by atoms with Crippen molar-refractivity contribution >= 4 is 65.1 Å². The van der Waals surface area contributed by atoms with Gasteiger partial charge in [-0.05, 0) is 19.3 Å². The van der Waals surface area contributed by atoms with Crippen molar-refractivity contribution < 1.29 is 71.9 Å². The minimum absolute atomic E-state index is 0.0312. The van der Waals surface area contributed by atoms with Gasteiger partial charge in [0.2, 0.25) is 29.5 Å². The van der Waals surface area contributed by atoms with Gasteiger partial charge >= 0.3 is 11.9 Å². The molecule has 21 heteroatoms. The monoisotopic (exact) mass is 698 g/mol. The summed E-state index contributed by atoms with van der Waals surface area (Å²) in [6, 6.07) is -1.29. The normalized spacial score (nSPS) is 14.8. The van der Waals surface area contributed by atoms with Crippen LogP contribution in [0.4, 0.5) is 0 Å². The van der Waals surface area contributed by atoms with Crippen LogP contribution in [-0.4, -0.2) is 121 Å². The smallest absolute Gasteiger partial charge is 0.358 e. The van der Waals surface area contributed by atoms with Gasteiger partial charge < -0.3 is 35.1 Å². The highest BCUT2D eigenvalue weighted by atomic mass is 16.7. The van der Waals surface area contributed by atoms with Crippen molar-refractivity contribution in [3.05, 3.63) is 0 Å². The van der Waals surface area contributed by atoms with Crippen LogP contribution in [0.5, 0.6) is 0 Å². The van der Waals surface area contributed by atoms with Crippen molar-refractivity contribution in [3.8, 4) is 0 Å². The summed E-state index contributed by atoms with van der Waals surface area (Å²) in [6.07, 6.45) is 0.0951. The predicted octanol–water partition coefficient (Wildman–Crippen LogP) is -3.58. The number of ether oxygens (including phenoxy) is 2. The third-order valence-corrected chi connectivity index (χ3v) is 6.41. The Kier molecular flexibility index (Phi) is 16.4. The summed E-state index contributed by atoms with van der Waals surface area (Å²) in [5.41, 5.74) is 0. The third kappa shape index (κ3) is 14.6. The number of hydrogen-bond acceptors (Lipinski definition) is 15. The fourth-order valence-corrected chi connectivity index (χ4v) is 3.92. The van der Waals surface area contributed by atoms with Crippen molar-refractivity contribution in [1.82, 2.24) is 31.4 Å². The lowest BCUT2D eigenvalue weighted by atomic mass is 10.1. The standard InChI is InChI=1S/C28H38N6O15/c1-16(2)27(44)30-11-18(35)32-28(45)17(31-20(37)13-47-15-26(43)49-34-23(40)8-9-24(34)41)5-3-4-10-29-19(36)12-46-14-25(42)48-33-21(38)6-7-22(33)39/h16-17H,3-15H2,1-2H3,(H,29,36)(H,30,44)(H,31,37)(H,32,35,45). The Labute approximate surface area is 278 Å². The summed E-state index contributed by atoms with van der Waals surface area (Å²) in [4.78, 5) is 140. The van der Waals surface area contributed by atoms with Crippen molar-refractivity contribution in [2.75, 3.05) is 39.5 Å². The molecule has 4 N–H and O–H groups in total. The molecular weight excluding hydrogens is 660 g/mol. The molecule has 0 saturated carbocycles. The Balaban J connectivity index is 1.76. The summed E-state index contributed by atoms with van der Waals surface area (Å²) in [7, 11) is 0. The minimum atomic E-state index is -1.29. The van der Waals surface area contributed by atoms with E-state index in [0.717, 1.165) is 0 Å². The number of unbranched alkanes of at least 4 members (excludes halogenated alkanes) is 1. The number of hydrogen-bond donors (Lipinski definition) is 4. The summed E-state index contributed by atoms with van der Waals surface area (Å²) in [5, 5.41) is 9.91. The molecule has 1 unspecified atom stereocenters. The third-order valence-electron chi connectivity index (χ3n) is 6.41. The number of nitrogens with one attached hydrogen (secondary N) is 4. The van der Waals surface area contributed by atoms with Gasteiger partial charge in [-0.15, -0.1) is 10.1 Å². The lowest BCUT2D eigenvalue weighted by molar-refractivity contribution is -0.200. The molecule has 0 aromatic carbocycles. The zero-order valence-corrected chi connectivity index (χ0v) is 26.9. The van der Waals surface area contributed by atoms with Crippen LogP contribution in [0.2, 0.25) is 0 Å². The molecular formula is C28H38N6O15. The predicted molar refractivity (Wildman–Crippen MR) is 156 cm³/mol. The lowest BCUT2D eigenvalue weighted by Crippen LogP contribution is -2.51. The number of amides is 9. The first kappa shape index (κ1) is 39.9. The second-order valence-corrected chi connectivity index (χ2v) is 10.8. The van der Waals surface area contributed by atoms with Crippen molar-refractivity contribution in [3.63, 3.8) is 0 Å². The Bertz CT molecular complexity index is 1300. The second-order valence-electron chi connectivity index (χ2n) is 10.8. The first-order valence-corrected chi connectivity index (χ1v) is 15.1. The topological polar surface area (TPSA) is 279 Å². The largest absolute Gasteiger partial charge is 0.360 e. The molecule has 0 aromatic heterocycles. The molecule has 2 aliphatic rings. The number of hydroxylamine groups is 4. The van der Waals surface area contributed by atoms with Crippen molar-refractivity contribution in [1.29, 1.82) is 0 Å². The quantitative estimate of drug-likeness (QED) is 0.0707. The molecule has 2 saturated heterocycles. The first-order valence-electron chi connectivity index (χ1n) is 15.1. The summed E-state index contributed by atoms with van der Waals surface area (Å²) in [5.74, 6) is -9.00. The number of carbonyl (C=O) groups is 11. The zero-order chi connectivity index (χ0) is 36.5.